The first-order valence-electron chi connectivity index (χ1n) is 6.58. The second-order valence-corrected chi connectivity index (χ2v) is 4.89. The molecule has 0 atom stereocenters. The van der Waals surface area contributed by atoms with Crippen LogP contribution in [0.1, 0.15) is 18.4 Å². The summed E-state index contributed by atoms with van der Waals surface area (Å²) < 4.78 is 6.80. The van der Waals surface area contributed by atoms with Crippen LogP contribution in [0, 0.1) is 5.92 Å². The van der Waals surface area contributed by atoms with E-state index in [0.29, 0.717) is 12.4 Å². The monoisotopic (exact) mass is 272 g/mol. The Kier molecular flexibility index (Phi) is 3.37. The second kappa shape index (κ2) is 5.32. The normalized spacial score (nSPS) is 14.1. The minimum atomic E-state index is 0.0586. The number of amides is 1. The lowest BCUT2D eigenvalue weighted by Crippen LogP contribution is -2.17. The minimum absolute atomic E-state index is 0.0586. The molecule has 0 aliphatic heterocycles. The molecular formula is C14H16N4O2. The summed E-state index contributed by atoms with van der Waals surface area (Å²) in [6.45, 7) is 0.560. The first-order valence-corrected chi connectivity index (χ1v) is 6.58. The summed E-state index contributed by atoms with van der Waals surface area (Å²) in [4.78, 5) is 11.8. The zero-order chi connectivity index (χ0) is 13.9. The van der Waals surface area contributed by atoms with Gasteiger partial charge in [0.2, 0.25) is 5.91 Å². The van der Waals surface area contributed by atoms with Gasteiger partial charge < -0.3 is 10.1 Å². The van der Waals surface area contributed by atoms with Crippen molar-refractivity contribution in [3.05, 3.63) is 36.0 Å². The predicted molar refractivity (Wildman–Crippen MR) is 73.5 cm³/mol. The largest absolute Gasteiger partial charge is 0.497 e. The number of anilines is 1. The van der Waals surface area contributed by atoms with Crippen molar-refractivity contribution in [3.63, 3.8) is 0 Å². The second-order valence-electron chi connectivity index (χ2n) is 4.89. The van der Waals surface area contributed by atoms with Crippen LogP contribution in [0.3, 0.4) is 0 Å². The van der Waals surface area contributed by atoms with E-state index in [0.717, 1.165) is 24.2 Å². The van der Waals surface area contributed by atoms with Crippen LogP contribution in [0.15, 0.2) is 30.5 Å². The maximum Gasteiger partial charge on any atom is 0.228 e. The number of carbonyl (C=O) groups is 1. The molecule has 3 rings (SSSR count). The first-order chi connectivity index (χ1) is 9.76. The maximum atomic E-state index is 11.8. The van der Waals surface area contributed by atoms with Crippen molar-refractivity contribution in [3.8, 4) is 5.75 Å². The van der Waals surface area contributed by atoms with Gasteiger partial charge in [-0.2, -0.15) is 0 Å². The molecule has 6 nitrogen and oxygen atoms in total. The van der Waals surface area contributed by atoms with E-state index in [1.165, 1.54) is 0 Å². The fraction of sp³-hybridized carbons (Fsp3) is 0.357. The Labute approximate surface area is 116 Å². The quantitative estimate of drug-likeness (QED) is 0.899. The summed E-state index contributed by atoms with van der Waals surface area (Å²) in [7, 11) is 1.64. The lowest BCUT2D eigenvalue weighted by Gasteiger charge is -2.08. The van der Waals surface area contributed by atoms with Gasteiger partial charge in [-0.05, 0) is 30.5 Å². The molecule has 2 aromatic rings. The van der Waals surface area contributed by atoms with E-state index in [4.69, 9.17) is 4.74 Å². The zero-order valence-electron chi connectivity index (χ0n) is 11.2. The molecule has 20 heavy (non-hydrogen) atoms. The Morgan fingerprint density at radius 1 is 1.40 bits per heavy atom. The fourth-order valence-corrected chi connectivity index (χ4v) is 1.95. The van der Waals surface area contributed by atoms with Crippen molar-refractivity contribution in [2.24, 2.45) is 5.92 Å². The lowest BCUT2D eigenvalue weighted by molar-refractivity contribution is -0.117. The lowest BCUT2D eigenvalue weighted by atomic mass is 10.2. The van der Waals surface area contributed by atoms with E-state index in [9.17, 15) is 4.79 Å². The number of ether oxygens (including phenoxy) is 1. The third kappa shape index (κ3) is 2.79. The molecule has 1 amide bonds. The first kappa shape index (κ1) is 12.7. The summed E-state index contributed by atoms with van der Waals surface area (Å²) in [6, 6.07) is 7.73. The third-order valence-electron chi connectivity index (χ3n) is 3.31. The number of benzene rings is 1. The summed E-state index contributed by atoms with van der Waals surface area (Å²) in [5.74, 6) is 1.68. The van der Waals surface area contributed by atoms with Gasteiger partial charge in [0.25, 0.3) is 0 Å². The number of hydrogen-bond acceptors (Lipinski definition) is 4. The van der Waals surface area contributed by atoms with Gasteiger partial charge >= 0.3 is 0 Å². The number of aromatic nitrogens is 3. The van der Waals surface area contributed by atoms with Gasteiger partial charge in [-0.25, -0.2) is 4.68 Å². The summed E-state index contributed by atoms with van der Waals surface area (Å²) in [6.07, 6.45) is 3.53. The number of hydrogen-bond donors (Lipinski definition) is 1. The summed E-state index contributed by atoms with van der Waals surface area (Å²) in [5, 5.41) is 10.7. The molecule has 0 bridgehead atoms. The topological polar surface area (TPSA) is 69.0 Å². The van der Waals surface area contributed by atoms with Crippen molar-refractivity contribution in [1.82, 2.24) is 15.0 Å². The van der Waals surface area contributed by atoms with Gasteiger partial charge in [0.1, 0.15) is 5.75 Å². The molecule has 6 heteroatoms. The highest BCUT2D eigenvalue weighted by molar-refractivity contribution is 5.93. The van der Waals surface area contributed by atoms with Crippen molar-refractivity contribution >= 4 is 11.7 Å². The molecule has 1 saturated carbocycles. The molecule has 1 aromatic heterocycles. The molecule has 1 aromatic carbocycles. The van der Waals surface area contributed by atoms with Crippen LogP contribution >= 0.6 is 0 Å². The molecule has 0 radical (unpaired) electrons. The van der Waals surface area contributed by atoms with Crippen molar-refractivity contribution in [2.75, 3.05) is 12.4 Å². The molecule has 1 heterocycles. The smallest absolute Gasteiger partial charge is 0.228 e. The van der Waals surface area contributed by atoms with Gasteiger partial charge in [-0.3, -0.25) is 4.79 Å². The van der Waals surface area contributed by atoms with E-state index in [2.05, 4.69) is 15.6 Å². The van der Waals surface area contributed by atoms with E-state index >= 15 is 0 Å². The van der Waals surface area contributed by atoms with Crippen LogP contribution in [-0.2, 0) is 11.3 Å². The standard InChI is InChI=1S/C14H16N4O2/c1-20-12-6-2-10(3-7-12)9-18-13(8-15-17-18)16-14(19)11-4-5-11/h2-3,6-8,11H,4-5,9H2,1H3,(H,16,19). The van der Waals surface area contributed by atoms with Crippen LogP contribution in [0.5, 0.6) is 5.75 Å². The van der Waals surface area contributed by atoms with Gasteiger partial charge in [0.15, 0.2) is 5.82 Å². The van der Waals surface area contributed by atoms with Gasteiger partial charge in [0, 0.05) is 5.92 Å². The Morgan fingerprint density at radius 3 is 2.80 bits per heavy atom. The molecule has 0 spiro atoms. The minimum Gasteiger partial charge on any atom is -0.497 e. The molecular weight excluding hydrogens is 256 g/mol. The Bertz CT molecular complexity index is 602. The average molecular weight is 272 g/mol. The number of nitrogens with zero attached hydrogens (tertiary/aromatic N) is 3. The molecule has 0 unspecified atom stereocenters. The number of methoxy groups -OCH3 is 1. The molecule has 1 N–H and O–H groups in total. The fourth-order valence-electron chi connectivity index (χ4n) is 1.95. The highest BCUT2D eigenvalue weighted by Crippen LogP contribution is 2.30. The van der Waals surface area contributed by atoms with Crippen molar-refractivity contribution in [1.29, 1.82) is 0 Å². The predicted octanol–water partition coefficient (Wildman–Crippen LogP) is 1.68. The molecule has 1 fully saturated rings. The zero-order valence-corrected chi connectivity index (χ0v) is 11.2. The third-order valence-corrected chi connectivity index (χ3v) is 3.31. The van der Waals surface area contributed by atoms with Gasteiger partial charge in [-0.15, -0.1) is 5.10 Å². The Hall–Kier alpha value is -2.37. The van der Waals surface area contributed by atoms with Gasteiger partial charge in [-0.1, -0.05) is 17.3 Å². The maximum absolute atomic E-state index is 11.8. The highest BCUT2D eigenvalue weighted by Gasteiger charge is 2.30. The SMILES string of the molecule is COc1ccc(Cn2nncc2NC(=O)C2CC2)cc1. The van der Waals surface area contributed by atoms with Crippen LogP contribution in [0.25, 0.3) is 0 Å². The molecule has 1 aliphatic carbocycles. The number of nitrogens with one attached hydrogen (secondary N) is 1. The van der Waals surface area contributed by atoms with Crippen LogP contribution in [0.2, 0.25) is 0 Å². The van der Waals surface area contributed by atoms with Crippen LogP contribution in [-0.4, -0.2) is 28.0 Å². The number of carbonyl (C=O) groups excluding carboxylic acids is 1. The Balaban J connectivity index is 1.70. The molecule has 0 saturated heterocycles. The molecule has 104 valence electrons. The number of rotatable bonds is 5. The van der Waals surface area contributed by atoms with Crippen molar-refractivity contribution in [2.45, 2.75) is 19.4 Å². The average Bonchev–Trinajstić information content (AvgIpc) is 3.24. The van der Waals surface area contributed by atoms with Crippen LogP contribution < -0.4 is 10.1 Å². The van der Waals surface area contributed by atoms with Crippen molar-refractivity contribution < 1.29 is 9.53 Å². The van der Waals surface area contributed by atoms with Crippen LogP contribution in [0.4, 0.5) is 5.82 Å². The van der Waals surface area contributed by atoms with E-state index < -0.39 is 0 Å². The summed E-state index contributed by atoms with van der Waals surface area (Å²) in [5.41, 5.74) is 1.07. The summed E-state index contributed by atoms with van der Waals surface area (Å²) >= 11 is 0. The van der Waals surface area contributed by atoms with E-state index in [-0.39, 0.29) is 11.8 Å². The van der Waals surface area contributed by atoms with E-state index in [1.54, 1.807) is 18.0 Å². The Morgan fingerprint density at radius 2 is 2.15 bits per heavy atom. The van der Waals surface area contributed by atoms with Gasteiger partial charge in [0.05, 0.1) is 19.9 Å². The van der Waals surface area contributed by atoms with E-state index in [1.807, 2.05) is 24.3 Å². The highest BCUT2D eigenvalue weighted by atomic mass is 16.5. The molecule has 1 aliphatic rings.